The fraction of sp³-hybridized carbons (Fsp3) is 0.250. The summed E-state index contributed by atoms with van der Waals surface area (Å²) in [6.07, 6.45) is 0.547. The highest BCUT2D eigenvalue weighted by Gasteiger charge is 2.26. The lowest BCUT2D eigenvalue weighted by molar-refractivity contribution is -0.129. The fourth-order valence-corrected chi connectivity index (χ4v) is 3.44. The quantitative estimate of drug-likeness (QED) is 0.590. The third kappa shape index (κ3) is 5.40. The van der Waals surface area contributed by atoms with E-state index < -0.39 is 5.91 Å². The van der Waals surface area contributed by atoms with Crippen LogP contribution in [0.2, 0.25) is 5.02 Å². The molecular formula is C20H20ClN5O5. The summed E-state index contributed by atoms with van der Waals surface area (Å²) < 4.78 is 5.27. The van der Waals surface area contributed by atoms with E-state index in [1.54, 1.807) is 23.1 Å². The lowest BCUT2D eigenvalue weighted by Gasteiger charge is -2.30. The first-order valence-electron chi connectivity index (χ1n) is 8.99. The Labute approximate surface area is 183 Å². The number of fused-ring (bicyclic) bond motifs is 1. The normalized spacial score (nSPS) is 12.0. The molecule has 31 heavy (non-hydrogen) atoms. The van der Waals surface area contributed by atoms with Gasteiger partial charge in [-0.1, -0.05) is 17.7 Å². The Bertz CT molecular complexity index is 1070. The van der Waals surface area contributed by atoms with Crippen LogP contribution in [0.15, 0.2) is 18.2 Å². The van der Waals surface area contributed by atoms with Crippen LogP contribution in [0.3, 0.4) is 0 Å². The number of carbonyl (C=O) groups excluding carboxylic acids is 2. The summed E-state index contributed by atoms with van der Waals surface area (Å²) in [5, 5.41) is 16.8. The van der Waals surface area contributed by atoms with Crippen LogP contribution in [0, 0.1) is 11.3 Å². The maximum Gasteiger partial charge on any atom is 0.290 e. The Balaban J connectivity index is 0.00000107. The number of primary amides is 1. The Morgan fingerprint density at radius 2 is 2.13 bits per heavy atom. The van der Waals surface area contributed by atoms with E-state index in [9.17, 15) is 14.9 Å². The molecule has 10 nitrogen and oxygen atoms in total. The van der Waals surface area contributed by atoms with Crippen LogP contribution in [0.1, 0.15) is 23.7 Å². The van der Waals surface area contributed by atoms with Crippen LogP contribution < -0.4 is 16.2 Å². The molecule has 0 fully saturated rings. The summed E-state index contributed by atoms with van der Waals surface area (Å²) in [6, 6.07) is 7.04. The monoisotopic (exact) mass is 445 g/mol. The molecule has 0 atom stereocenters. The number of carbonyl (C=O) groups is 3. The van der Waals surface area contributed by atoms with Gasteiger partial charge in [-0.15, -0.1) is 0 Å². The van der Waals surface area contributed by atoms with Crippen molar-refractivity contribution in [1.29, 1.82) is 5.26 Å². The topological polar surface area (TPSA) is 173 Å². The average molecular weight is 446 g/mol. The van der Waals surface area contributed by atoms with Gasteiger partial charge in [0.1, 0.15) is 23.2 Å². The number of carboxylic acid groups (broad SMARTS) is 1. The van der Waals surface area contributed by atoms with Crippen molar-refractivity contribution in [3.8, 4) is 22.9 Å². The lowest BCUT2D eigenvalue weighted by Crippen LogP contribution is -2.35. The molecule has 2 amide bonds. The number of nitrogen functional groups attached to an aromatic ring is 1. The minimum Gasteiger partial charge on any atom is -0.483 e. The molecule has 0 unspecified atom stereocenters. The maximum absolute atomic E-state index is 11.8. The highest BCUT2D eigenvalue weighted by Crippen LogP contribution is 2.38. The Kier molecular flexibility index (Phi) is 7.76. The molecule has 0 spiro atoms. The van der Waals surface area contributed by atoms with E-state index in [4.69, 9.17) is 37.7 Å². The smallest absolute Gasteiger partial charge is 0.290 e. The van der Waals surface area contributed by atoms with Gasteiger partial charge < -0.3 is 26.2 Å². The zero-order valence-electron chi connectivity index (χ0n) is 16.6. The number of hydrogen-bond acceptors (Lipinski definition) is 7. The number of nitrogens with two attached hydrogens (primary N) is 2. The standard InChI is InChI=1S/C19H18ClN5O3.CH2O2/c1-10(26)25-5-4-15-13(8-25)18(12(7-21)19(23)24-15)11-2-3-16(14(20)6-11)28-9-17(22)27;2-1-3/h2-3,6H,4-5,8-9H2,1H3,(H2,22,27)(H2,23,24);1H,(H,2,3). The van der Waals surface area contributed by atoms with E-state index in [2.05, 4.69) is 11.1 Å². The first kappa shape index (κ1) is 23.4. The highest BCUT2D eigenvalue weighted by atomic mass is 35.5. The number of aromatic nitrogens is 1. The molecule has 2 heterocycles. The van der Waals surface area contributed by atoms with Gasteiger partial charge in [0.15, 0.2) is 6.61 Å². The molecule has 1 aromatic heterocycles. The van der Waals surface area contributed by atoms with E-state index in [1.165, 1.54) is 6.92 Å². The molecule has 1 aliphatic rings. The van der Waals surface area contributed by atoms with E-state index in [0.29, 0.717) is 36.4 Å². The molecule has 0 saturated heterocycles. The zero-order chi connectivity index (χ0) is 23.1. The Morgan fingerprint density at radius 1 is 1.45 bits per heavy atom. The Hall–Kier alpha value is -3.84. The van der Waals surface area contributed by atoms with E-state index in [-0.39, 0.29) is 35.4 Å². The summed E-state index contributed by atoms with van der Waals surface area (Å²) in [6.45, 7) is 1.83. The van der Waals surface area contributed by atoms with Crippen molar-refractivity contribution in [1.82, 2.24) is 9.88 Å². The lowest BCUT2D eigenvalue weighted by atomic mass is 9.91. The molecule has 162 valence electrons. The van der Waals surface area contributed by atoms with Crippen LogP contribution in [-0.2, 0) is 27.3 Å². The molecule has 11 heteroatoms. The Morgan fingerprint density at radius 3 is 2.68 bits per heavy atom. The molecular weight excluding hydrogens is 426 g/mol. The van der Waals surface area contributed by atoms with E-state index >= 15 is 0 Å². The van der Waals surface area contributed by atoms with Gasteiger partial charge in [0.2, 0.25) is 5.91 Å². The summed E-state index contributed by atoms with van der Waals surface area (Å²) in [5.41, 5.74) is 14.1. The van der Waals surface area contributed by atoms with Gasteiger partial charge in [-0.3, -0.25) is 14.4 Å². The van der Waals surface area contributed by atoms with Crippen molar-refractivity contribution in [2.45, 2.75) is 19.9 Å². The average Bonchev–Trinajstić information content (AvgIpc) is 2.71. The van der Waals surface area contributed by atoms with Crippen molar-refractivity contribution in [2.75, 3.05) is 18.9 Å². The number of hydrogen-bond donors (Lipinski definition) is 3. The number of ether oxygens (including phenoxy) is 1. The second-order valence-corrected chi connectivity index (χ2v) is 6.89. The number of nitriles is 1. The SMILES string of the molecule is CC(=O)N1CCc2nc(N)c(C#N)c(-c3ccc(OCC(N)=O)c(Cl)c3)c2C1.O=CO. The molecule has 1 aliphatic heterocycles. The third-order valence-corrected chi connectivity index (χ3v) is 4.82. The van der Waals surface area contributed by atoms with Gasteiger partial charge in [-0.05, 0) is 17.7 Å². The zero-order valence-corrected chi connectivity index (χ0v) is 17.3. The van der Waals surface area contributed by atoms with Crippen LogP contribution in [0.25, 0.3) is 11.1 Å². The number of pyridine rings is 1. The summed E-state index contributed by atoms with van der Waals surface area (Å²) in [5.74, 6) is -0.242. The fourth-order valence-electron chi connectivity index (χ4n) is 3.20. The van der Waals surface area contributed by atoms with Gasteiger partial charge in [-0.25, -0.2) is 4.98 Å². The first-order valence-corrected chi connectivity index (χ1v) is 9.36. The molecule has 0 aliphatic carbocycles. The maximum atomic E-state index is 11.8. The molecule has 5 N–H and O–H groups in total. The van der Waals surface area contributed by atoms with Crippen LogP contribution in [0.5, 0.6) is 5.75 Å². The predicted octanol–water partition coefficient (Wildman–Crippen LogP) is 1.33. The number of amides is 2. The summed E-state index contributed by atoms with van der Waals surface area (Å²) >= 11 is 6.29. The molecule has 1 aromatic carbocycles. The molecule has 0 radical (unpaired) electrons. The predicted molar refractivity (Wildman–Crippen MR) is 112 cm³/mol. The second kappa shape index (κ2) is 10.3. The van der Waals surface area contributed by atoms with Crippen molar-refractivity contribution in [2.24, 2.45) is 5.73 Å². The molecule has 2 aromatic rings. The summed E-state index contributed by atoms with van der Waals surface area (Å²) in [4.78, 5) is 37.2. The largest absolute Gasteiger partial charge is 0.483 e. The van der Waals surface area contributed by atoms with Crippen molar-refractivity contribution < 1.29 is 24.2 Å². The van der Waals surface area contributed by atoms with Gasteiger partial charge in [-0.2, -0.15) is 5.26 Å². The minimum absolute atomic E-state index is 0.0554. The number of halogens is 1. The van der Waals surface area contributed by atoms with Crippen molar-refractivity contribution in [3.05, 3.63) is 40.0 Å². The first-order chi connectivity index (χ1) is 14.7. The van der Waals surface area contributed by atoms with E-state index in [1.807, 2.05) is 0 Å². The number of anilines is 1. The van der Waals surface area contributed by atoms with Gasteiger partial charge in [0.25, 0.3) is 12.4 Å². The van der Waals surface area contributed by atoms with Crippen molar-refractivity contribution in [3.63, 3.8) is 0 Å². The van der Waals surface area contributed by atoms with E-state index in [0.717, 1.165) is 11.3 Å². The number of rotatable bonds is 4. The van der Waals surface area contributed by atoms with Gasteiger partial charge >= 0.3 is 0 Å². The molecule has 3 rings (SSSR count). The van der Waals surface area contributed by atoms with Crippen LogP contribution in [-0.4, -0.2) is 46.4 Å². The highest BCUT2D eigenvalue weighted by molar-refractivity contribution is 6.32. The van der Waals surface area contributed by atoms with Gasteiger partial charge in [0, 0.05) is 37.6 Å². The summed E-state index contributed by atoms with van der Waals surface area (Å²) in [7, 11) is 0. The number of benzene rings is 1. The molecule has 0 saturated carbocycles. The van der Waals surface area contributed by atoms with Gasteiger partial charge in [0.05, 0.1) is 10.7 Å². The van der Waals surface area contributed by atoms with Crippen molar-refractivity contribution >= 4 is 35.7 Å². The van der Waals surface area contributed by atoms with Crippen LogP contribution in [0.4, 0.5) is 5.82 Å². The second-order valence-electron chi connectivity index (χ2n) is 6.48. The minimum atomic E-state index is -0.618. The third-order valence-electron chi connectivity index (χ3n) is 4.53. The number of nitrogens with zero attached hydrogens (tertiary/aromatic N) is 3. The van der Waals surface area contributed by atoms with Crippen LogP contribution >= 0.6 is 11.6 Å². The molecule has 0 bridgehead atoms.